The Kier molecular flexibility index (Phi) is 6.44. The maximum Gasteiger partial charge on any atom is 0.261 e. The third kappa shape index (κ3) is 4.47. The Morgan fingerprint density at radius 2 is 2.04 bits per heavy atom. The van der Waals surface area contributed by atoms with Crippen LogP contribution in [0.25, 0.3) is 0 Å². The average Bonchev–Trinajstić information content (AvgIpc) is 3.03. The zero-order chi connectivity index (χ0) is 19.4. The van der Waals surface area contributed by atoms with Gasteiger partial charge < -0.3 is 0 Å². The summed E-state index contributed by atoms with van der Waals surface area (Å²) in [4.78, 5) is 26.5. The van der Waals surface area contributed by atoms with Crippen LogP contribution in [0, 0.1) is 12.7 Å². The van der Waals surface area contributed by atoms with Crippen molar-refractivity contribution in [2.45, 2.75) is 25.6 Å². The molecule has 0 spiro atoms. The Labute approximate surface area is 167 Å². The second kappa shape index (κ2) is 8.80. The molecule has 1 fully saturated rings. The summed E-state index contributed by atoms with van der Waals surface area (Å²) in [5, 5.41) is -0.198. The first-order valence-electron chi connectivity index (χ1n) is 8.73. The fourth-order valence-electron chi connectivity index (χ4n) is 2.90. The molecule has 1 heterocycles. The minimum Gasteiger partial charge on any atom is -0.296 e. The number of amides is 2. The van der Waals surface area contributed by atoms with E-state index < -0.39 is 0 Å². The molecule has 0 bridgehead atoms. The van der Waals surface area contributed by atoms with E-state index in [1.165, 1.54) is 35.8 Å². The van der Waals surface area contributed by atoms with Crippen LogP contribution in [0.4, 0.5) is 10.1 Å². The quantitative estimate of drug-likeness (QED) is 0.560. The number of hydrogen-bond acceptors (Lipinski definition) is 4. The number of nitrogens with zero attached hydrogens (tertiary/aromatic N) is 1. The van der Waals surface area contributed by atoms with E-state index in [1.807, 2.05) is 13.0 Å². The molecule has 0 aromatic heterocycles. The predicted molar refractivity (Wildman–Crippen MR) is 110 cm³/mol. The highest BCUT2D eigenvalue weighted by atomic mass is 32.2. The molecule has 4 nitrogen and oxygen atoms in total. The van der Waals surface area contributed by atoms with Gasteiger partial charge in [0.2, 0.25) is 5.91 Å². The first-order chi connectivity index (χ1) is 13.0. The van der Waals surface area contributed by atoms with Gasteiger partial charge in [0.05, 0.1) is 5.75 Å². The van der Waals surface area contributed by atoms with Gasteiger partial charge in [0, 0.05) is 17.0 Å². The fraction of sp³-hybridized carbons (Fsp3) is 0.300. The van der Waals surface area contributed by atoms with Crippen molar-refractivity contribution in [3.05, 3.63) is 65.0 Å². The van der Waals surface area contributed by atoms with Crippen molar-refractivity contribution >= 4 is 41.2 Å². The van der Waals surface area contributed by atoms with Crippen LogP contribution in [0.3, 0.4) is 0 Å². The number of rotatable bonds is 6. The standard InChI is InChI=1S/C20H21FN2O2S2/c1-3-10-27-22-19(25)15-6-9-17(13(2)11-15)23-18(24)12-26-20(23)14-4-7-16(21)8-5-14/h4-9,11,20H,3,10,12H2,1-2H3,(H,22,25). The number of thioether (sulfide) groups is 1. The van der Waals surface area contributed by atoms with Gasteiger partial charge in [0.1, 0.15) is 11.2 Å². The fourth-order valence-corrected chi connectivity index (χ4v) is 4.63. The summed E-state index contributed by atoms with van der Waals surface area (Å²) >= 11 is 2.91. The van der Waals surface area contributed by atoms with E-state index in [2.05, 4.69) is 11.6 Å². The van der Waals surface area contributed by atoms with Crippen molar-refractivity contribution in [2.24, 2.45) is 0 Å². The van der Waals surface area contributed by atoms with Gasteiger partial charge in [0.25, 0.3) is 5.91 Å². The van der Waals surface area contributed by atoms with E-state index in [4.69, 9.17) is 0 Å². The molecule has 1 saturated heterocycles. The number of hydrogen-bond donors (Lipinski definition) is 1. The zero-order valence-electron chi connectivity index (χ0n) is 15.2. The van der Waals surface area contributed by atoms with Gasteiger partial charge in [-0.2, -0.15) is 0 Å². The van der Waals surface area contributed by atoms with Gasteiger partial charge in [0.15, 0.2) is 0 Å². The molecule has 142 valence electrons. The van der Waals surface area contributed by atoms with E-state index in [1.54, 1.807) is 29.2 Å². The lowest BCUT2D eigenvalue weighted by molar-refractivity contribution is -0.115. The first kappa shape index (κ1) is 19.8. The van der Waals surface area contributed by atoms with Crippen molar-refractivity contribution in [2.75, 3.05) is 16.4 Å². The Morgan fingerprint density at radius 3 is 2.70 bits per heavy atom. The molecule has 1 atom stereocenters. The lowest BCUT2D eigenvalue weighted by atomic mass is 10.1. The topological polar surface area (TPSA) is 49.4 Å². The van der Waals surface area contributed by atoms with Crippen molar-refractivity contribution < 1.29 is 14.0 Å². The largest absolute Gasteiger partial charge is 0.296 e. The molecule has 2 amide bonds. The van der Waals surface area contributed by atoms with Gasteiger partial charge in [-0.15, -0.1) is 11.8 Å². The Balaban J connectivity index is 1.84. The summed E-state index contributed by atoms with van der Waals surface area (Å²) in [5.74, 6) is 0.805. The van der Waals surface area contributed by atoms with Crippen LogP contribution < -0.4 is 9.62 Å². The van der Waals surface area contributed by atoms with Gasteiger partial charge in [-0.25, -0.2) is 4.39 Å². The molecule has 7 heteroatoms. The summed E-state index contributed by atoms with van der Waals surface area (Å²) in [6.07, 6.45) is 0.989. The molecule has 0 radical (unpaired) electrons. The molecule has 1 unspecified atom stereocenters. The van der Waals surface area contributed by atoms with Crippen LogP contribution in [0.2, 0.25) is 0 Å². The summed E-state index contributed by atoms with van der Waals surface area (Å²) in [5.41, 5.74) is 3.07. The molecule has 27 heavy (non-hydrogen) atoms. The van der Waals surface area contributed by atoms with Crippen LogP contribution in [0.15, 0.2) is 42.5 Å². The highest BCUT2D eigenvalue weighted by molar-refractivity contribution is 8.00. The maximum atomic E-state index is 13.2. The van der Waals surface area contributed by atoms with Crippen LogP contribution in [0.5, 0.6) is 0 Å². The van der Waals surface area contributed by atoms with Crippen molar-refractivity contribution in [3.63, 3.8) is 0 Å². The third-order valence-electron chi connectivity index (χ3n) is 4.21. The van der Waals surface area contributed by atoms with E-state index in [-0.39, 0.29) is 23.0 Å². The smallest absolute Gasteiger partial charge is 0.261 e. The molecular weight excluding hydrogens is 383 g/mol. The number of aryl methyl sites for hydroxylation is 1. The summed E-state index contributed by atoms with van der Waals surface area (Å²) in [7, 11) is 0. The molecule has 1 N–H and O–H groups in total. The van der Waals surface area contributed by atoms with Crippen LogP contribution in [0.1, 0.15) is 40.2 Å². The minimum absolute atomic E-state index is 0.00753. The van der Waals surface area contributed by atoms with Gasteiger partial charge in [-0.05, 0) is 54.8 Å². The Morgan fingerprint density at radius 1 is 1.30 bits per heavy atom. The number of anilines is 1. The Hall–Kier alpha value is -1.99. The molecule has 2 aromatic rings. The van der Waals surface area contributed by atoms with Crippen LogP contribution in [-0.4, -0.2) is 23.3 Å². The molecule has 1 aliphatic rings. The number of halogens is 1. The number of benzene rings is 2. The summed E-state index contributed by atoms with van der Waals surface area (Å²) in [6.45, 7) is 3.95. The third-order valence-corrected chi connectivity index (χ3v) is 6.37. The highest BCUT2D eigenvalue weighted by Gasteiger charge is 2.34. The van der Waals surface area contributed by atoms with E-state index in [0.717, 1.165) is 29.0 Å². The second-order valence-corrected chi connectivity index (χ2v) is 8.23. The van der Waals surface area contributed by atoms with Crippen molar-refractivity contribution in [3.8, 4) is 0 Å². The minimum atomic E-state index is -0.299. The van der Waals surface area contributed by atoms with E-state index in [0.29, 0.717) is 11.3 Å². The lowest BCUT2D eigenvalue weighted by Crippen LogP contribution is -2.28. The molecule has 1 aliphatic heterocycles. The van der Waals surface area contributed by atoms with Gasteiger partial charge >= 0.3 is 0 Å². The molecule has 0 aliphatic carbocycles. The normalized spacial score (nSPS) is 16.6. The van der Waals surface area contributed by atoms with Gasteiger partial charge in [-0.3, -0.25) is 19.2 Å². The molecule has 3 rings (SSSR count). The number of nitrogens with one attached hydrogen (secondary N) is 1. The molecule has 2 aromatic carbocycles. The SMILES string of the molecule is CCCSNC(=O)c1ccc(N2C(=O)CSC2c2ccc(F)cc2)c(C)c1. The number of carbonyl (C=O) groups excluding carboxylic acids is 2. The van der Waals surface area contributed by atoms with Gasteiger partial charge in [-0.1, -0.05) is 31.0 Å². The average molecular weight is 405 g/mol. The Bertz CT molecular complexity index is 842. The molecular formula is C20H21FN2O2S2. The maximum absolute atomic E-state index is 13.2. The van der Waals surface area contributed by atoms with E-state index >= 15 is 0 Å². The van der Waals surface area contributed by atoms with Crippen molar-refractivity contribution in [1.82, 2.24) is 4.72 Å². The van der Waals surface area contributed by atoms with Crippen LogP contribution >= 0.6 is 23.7 Å². The highest BCUT2D eigenvalue weighted by Crippen LogP contribution is 2.42. The zero-order valence-corrected chi connectivity index (χ0v) is 16.8. The first-order valence-corrected chi connectivity index (χ1v) is 10.8. The van der Waals surface area contributed by atoms with E-state index in [9.17, 15) is 14.0 Å². The predicted octanol–water partition coefficient (Wildman–Crippen LogP) is 4.70. The van der Waals surface area contributed by atoms with Crippen LogP contribution in [-0.2, 0) is 4.79 Å². The molecule has 0 saturated carbocycles. The lowest BCUT2D eigenvalue weighted by Gasteiger charge is -2.26. The monoisotopic (exact) mass is 404 g/mol. The summed E-state index contributed by atoms with van der Waals surface area (Å²) < 4.78 is 16.1. The van der Waals surface area contributed by atoms with Crippen molar-refractivity contribution in [1.29, 1.82) is 0 Å². The number of carbonyl (C=O) groups is 2. The summed E-state index contributed by atoms with van der Waals surface area (Å²) in [6, 6.07) is 11.6. The second-order valence-electron chi connectivity index (χ2n) is 6.26.